The van der Waals surface area contributed by atoms with Crippen molar-refractivity contribution in [1.82, 2.24) is 9.55 Å². The Morgan fingerprint density at radius 2 is 1.93 bits per heavy atom. The summed E-state index contributed by atoms with van der Waals surface area (Å²) >= 11 is 11.9. The molecule has 11 heteroatoms. The van der Waals surface area contributed by atoms with Gasteiger partial charge in [-0.1, -0.05) is 23.2 Å². The van der Waals surface area contributed by atoms with Crippen molar-refractivity contribution in [2.75, 3.05) is 12.3 Å². The van der Waals surface area contributed by atoms with Gasteiger partial charge >= 0.3 is 5.69 Å². The van der Waals surface area contributed by atoms with Crippen molar-refractivity contribution in [3.63, 3.8) is 0 Å². The molecule has 0 unspecified atom stereocenters. The van der Waals surface area contributed by atoms with Gasteiger partial charge in [0.05, 0.1) is 6.61 Å². The Morgan fingerprint density at radius 3 is 2.44 bits per heavy atom. The highest BCUT2D eigenvalue weighted by Crippen LogP contribution is 2.38. The summed E-state index contributed by atoms with van der Waals surface area (Å²) in [5, 5.41) is 30.5. The highest BCUT2D eigenvalue weighted by molar-refractivity contribution is 6.35. The number of carbonyl (C=O) groups is 1. The highest BCUT2D eigenvalue weighted by Gasteiger charge is 2.60. The molecule has 1 aliphatic heterocycles. The molecule has 1 aliphatic rings. The van der Waals surface area contributed by atoms with Crippen LogP contribution in [-0.2, 0) is 10.5 Å². The molecule has 0 amide bonds. The second kappa shape index (κ2) is 7.19. The molecule has 1 aromatic heterocycles. The molecule has 0 bridgehead atoms. The monoisotopic (exact) mass is 415 g/mol. The van der Waals surface area contributed by atoms with E-state index in [1.807, 2.05) is 0 Å². The number of ketones is 1. The molecule has 4 atom stereocenters. The Hall–Kier alpha value is -2.01. The summed E-state index contributed by atoms with van der Waals surface area (Å²) in [5.74, 6) is -1.03. The average Bonchev–Trinajstić information content (AvgIpc) is 2.86. The maximum Gasteiger partial charge on any atom is 0.352 e. The van der Waals surface area contributed by atoms with Crippen molar-refractivity contribution in [2.24, 2.45) is 0 Å². The third-order valence-corrected chi connectivity index (χ3v) is 4.69. The molecule has 1 aromatic carbocycles. The van der Waals surface area contributed by atoms with Crippen molar-refractivity contribution in [3.8, 4) is 0 Å². The number of hydrogen-bond donors (Lipinski definition) is 4. The summed E-state index contributed by atoms with van der Waals surface area (Å²) < 4.78 is 6.23. The topological polar surface area (TPSA) is 148 Å². The SMILES string of the molecule is Nc1ccn([C@]2(C(=O)c3cc(Cl)cc(Cl)c3)O[C@H](CO)[C@@H](O)[C@H]2O)c(=O)n1. The highest BCUT2D eigenvalue weighted by atomic mass is 35.5. The minimum atomic E-state index is -2.40. The van der Waals surface area contributed by atoms with E-state index in [9.17, 15) is 24.9 Å². The normalized spacial score (nSPS) is 27.7. The molecule has 0 aliphatic carbocycles. The van der Waals surface area contributed by atoms with E-state index < -0.39 is 42.1 Å². The van der Waals surface area contributed by atoms with E-state index in [0.717, 1.165) is 6.20 Å². The second-order valence-corrected chi connectivity index (χ2v) is 6.84. The molecule has 9 nitrogen and oxygen atoms in total. The first-order valence-corrected chi connectivity index (χ1v) is 8.47. The molecule has 3 rings (SSSR count). The lowest BCUT2D eigenvalue weighted by atomic mass is 9.93. The van der Waals surface area contributed by atoms with Crippen LogP contribution in [0.1, 0.15) is 10.4 Å². The van der Waals surface area contributed by atoms with Gasteiger partial charge in [-0.25, -0.2) is 4.79 Å². The molecule has 0 spiro atoms. The van der Waals surface area contributed by atoms with Gasteiger partial charge in [-0.05, 0) is 24.3 Å². The second-order valence-electron chi connectivity index (χ2n) is 5.96. The van der Waals surface area contributed by atoms with E-state index in [-0.39, 0.29) is 21.4 Å². The number of anilines is 1. The Morgan fingerprint density at radius 1 is 1.30 bits per heavy atom. The number of halogens is 2. The fourth-order valence-electron chi connectivity index (χ4n) is 3.01. The molecule has 144 valence electrons. The van der Waals surface area contributed by atoms with Crippen LogP contribution in [0.15, 0.2) is 35.3 Å². The van der Waals surface area contributed by atoms with Crippen molar-refractivity contribution < 1.29 is 24.9 Å². The lowest BCUT2D eigenvalue weighted by molar-refractivity contribution is -0.117. The largest absolute Gasteiger partial charge is 0.394 e. The van der Waals surface area contributed by atoms with Crippen LogP contribution in [0.25, 0.3) is 0 Å². The molecule has 2 aromatic rings. The molecule has 27 heavy (non-hydrogen) atoms. The van der Waals surface area contributed by atoms with E-state index >= 15 is 0 Å². The number of aliphatic hydroxyl groups is 3. The standard InChI is InChI=1S/C16H15Cl2N3O6/c17-8-3-7(4-9(18)5-8)13(24)16(14(25)12(23)10(6-22)27-16)21-2-1-11(19)20-15(21)26/h1-5,10,12,14,22-23,25H,6H2,(H2,19,20,26)/t10-,12-,14-,16-/m1/s1. The molecule has 0 radical (unpaired) electrons. The molecule has 1 fully saturated rings. The van der Waals surface area contributed by atoms with Crippen molar-refractivity contribution in [3.05, 3.63) is 56.6 Å². The maximum atomic E-state index is 13.3. The third-order valence-electron chi connectivity index (χ3n) is 4.25. The molecule has 5 N–H and O–H groups in total. The fourth-order valence-corrected chi connectivity index (χ4v) is 3.53. The minimum absolute atomic E-state index is 0.0823. The van der Waals surface area contributed by atoms with E-state index in [1.165, 1.54) is 24.3 Å². The van der Waals surface area contributed by atoms with Gasteiger partial charge in [0, 0.05) is 21.8 Å². The lowest BCUT2D eigenvalue weighted by Crippen LogP contribution is -2.56. The van der Waals surface area contributed by atoms with E-state index in [4.69, 9.17) is 33.7 Å². The summed E-state index contributed by atoms with van der Waals surface area (Å²) in [6.45, 7) is -0.708. The number of aliphatic hydroxyl groups excluding tert-OH is 3. The lowest BCUT2D eigenvalue weighted by Gasteiger charge is -2.32. The predicted molar refractivity (Wildman–Crippen MR) is 95.6 cm³/mol. The molecule has 0 saturated carbocycles. The van der Waals surface area contributed by atoms with Crippen LogP contribution >= 0.6 is 23.2 Å². The fraction of sp³-hybridized carbons (Fsp3) is 0.312. The number of nitrogen functional groups attached to an aromatic ring is 1. The van der Waals surface area contributed by atoms with Gasteiger partial charge in [-0.2, -0.15) is 4.98 Å². The van der Waals surface area contributed by atoms with Crippen molar-refractivity contribution in [2.45, 2.75) is 24.0 Å². The van der Waals surface area contributed by atoms with Crippen molar-refractivity contribution in [1.29, 1.82) is 0 Å². The summed E-state index contributed by atoms with van der Waals surface area (Å²) in [7, 11) is 0. The van der Waals surface area contributed by atoms with E-state index in [2.05, 4.69) is 4.98 Å². The third kappa shape index (κ3) is 3.22. The van der Waals surface area contributed by atoms with Gasteiger partial charge in [0.15, 0.2) is 0 Å². The van der Waals surface area contributed by atoms with Gasteiger partial charge in [0.25, 0.3) is 0 Å². The van der Waals surface area contributed by atoms with Crippen LogP contribution in [0.2, 0.25) is 10.0 Å². The Bertz CT molecular complexity index is 932. The quantitative estimate of drug-likeness (QED) is 0.500. The van der Waals surface area contributed by atoms with E-state index in [0.29, 0.717) is 4.57 Å². The van der Waals surface area contributed by atoms with Crippen LogP contribution < -0.4 is 11.4 Å². The van der Waals surface area contributed by atoms with E-state index in [1.54, 1.807) is 0 Å². The summed E-state index contributed by atoms with van der Waals surface area (Å²) in [4.78, 5) is 29.2. The molecule has 1 saturated heterocycles. The van der Waals surface area contributed by atoms with Gasteiger partial charge in [0.2, 0.25) is 11.5 Å². The summed E-state index contributed by atoms with van der Waals surface area (Å²) in [6, 6.07) is 5.14. The molecular weight excluding hydrogens is 401 g/mol. The number of ether oxygens (including phenoxy) is 1. The number of nitrogens with two attached hydrogens (primary N) is 1. The van der Waals surface area contributed by atoms with Gasteiger partial charge in [-0.15, -0.1) is 0 Å². The first kappa shape index (κ1) is 19.7. The van der Waals surface area contributed by atoms with Gasteiger partial charge < -0.3 is 25.8 Å². The zero-order valence-corrected chi connectivity index (χ0v) is 15.1. The number of nitrogens with zero attached hydrogens (tertiary/aromatic N) is 2. The van der Waals surface area contributed by atoms with Crippen LogP contribution in [0, 0.1) is 0 Å². The first-order valence-electron chi connectivity index (χ1n) is 7.72. The summed E-state index contributed by atoms with van der Waals surface area (Å²) in [5.41, 5.74) is 1.99. The molecular formula is C16H15Cl2N3O6. The number of benzene rings is 1. The molecule has 2 heterocycles. The number of hydrogen-bond acceptors (Lipinski definition) is 8. The smallest absolute Gasteiger partial charge is 0.352 e. The van der Waals surface area contributed by atoms with Crippen LogP contribution in [-0.4, -0.2) is 55.6 Å². The number of rotatable bonds is 4. The van der Waals surface area contributed by atoms with Crippen LogP contribution in [0.3, 0.4) is 0 Å². The van der Waals surface area contributed by atoms with Crippen molar-refractivity contribution >= 4 is 34.8 Å². The number of aromatic nitrogens is 2. The van der Waals surface area contributed by atoms with Gasteiger partial charge in [-0.3, -0.25) is 9.36 Å². The Labute approximate surface area is 162 Å². The zero-order valence-electron chi connectivity index (χ0n) is 13.6. The Kier molecular flexibility index (Phi) is 5.26. The number of Topliss-reactive ketones (excluding diaryl/α,β-unsaturated/α-hetero) is 1. The maximum absolute atomic E-state index is 13.3. The zero-order chi connectivity index (χ0) is 19.9. The number of carbonyl (C=O) groups excluding carboxylic acids is 1. The van der Waals surface area contributed by atoms with Crippen LogP contribution in [0.4, 0.5) is 5.82 Å². The van der Waals surface area contributed by atoms with Gasteiger partial charge in [0.1, 0.15) is 24.1 Å². The predicted octanol–water partition coefficient (Wildman–Crippen LogP) is -0.219. The Balaban J connectivity index is 2.25. The summed E-state index contributed by atoms with van der Waals surface area (Å²) in [6.07, 6.45) is -3.78. The minimum Gasteiger partial charge on any atom is -0.394 e. The average molecular weight is 416 g/mol. The van der Waals surface area contributed by atoms with Crippen LogP contribution in [0.5, 0.6) is 0 Å². The first-order chi connectivity index (χ1) is 12.7.